The van der Waals surface area contributed by atoms with Crippen LogP contribution in [0.4, 0.5) is 4.79 Å². The van der Waals surface area contributed by atoms with Gasteiger partial charge >= 0.3 is 6.09 Å². The number of hydrogen-bond acceptors (Lipinski definition) is 5. The highest BCUT2D eigenvalue weighted by atomic mass is 32.2. The van der Waals surface area contributed by atoms with Gasteiger partial charge in [-0.15, -0.1) is 0 Å². The van der Waals surface area contributed by atoms with Gasteiger partial charge in [-0.2, -0.15) is 8.42 Å². The van der Waals surface area contributed by atoms with E-state index in [0.717, 1.165) is 0 Å². The Morgan fingerprint density at radius 2 is 1.88 bits per heavy atom. The van der Waals surface area contributed by atoms with Crippen molar-refractivity contribution in [1.82, 2.24) is 4.90 Å². The molecule has 24 heavy (non-hydrogen) atoms. The van der Waals surface area contributed by atoms with E-state index in [1.807, 2.05) is 13.0 Å². The minimum atomic E-state index is -3.69. The molecule has 1 heterocycles. The van der Waals surface area contributed by atoms with Crippen molar-refractivity contribution in [2.24, 2.45) is 5.92 Å². The molecule has 2 atom stereocenters. The summed E-state index contributed by atoms with van der Waals surface area (Å²) in [5, 5.41) is 0. The van der Waals surface area contributed by atoms with E-state index in [1.54, 1.807) is 45.0 Å². The quantitative estimate of drug-likeness (QED) is 0.760. The molecule has 0 aromatic heterocycles. The summed E-state index contributed by atoms with van der Waals surface area (Å²) in [6, 6.07) is 8.57. The molecule has 0 bridgehead atoms. The second-order valence-electron chi connectivity index (χ2n) is 7.15. The Bertz CT molecular complexity index is 666. The molecule has 134 valence electrons. The number of nitrogens with zero attached hydrogens (tertiary/aromatic N) is 1. The summed E-state index contributed by atoms with van der Waals surface area (Å²) in [5.74, 6) is -0.00841. The molecule has 1 aromatic rings. The molecule has 7 heteroatoms. The van der Waals surface area contributed by atoms with Crippen molar-refractivity contribution in [2.75, 3.05) is 13.2 Å². The van der Waals surface area contributed by atoms with Crippen molar-refractivity contribution in [2.45, 2.75) is 45.1 Å². The lowest BCUT2D eigenvalue weighted by Crippen LogP contribution is -2.60. The van der Waals surface area contributed by atoms with Crippen LogP contribution in [0.25, 0.3) is 0 Å². The lowest BCUT2D eigenvalue weighted by Gasteiger charge is -2.46. The van der Waals surface area contributed by atoms with Gasteiger partial charge in [-0.05, 0) is 32.3 Å². The van der Waals surface area contributed by atoms with Crippen LogP contribution in [0.5, 0.6) is 0 Å². The molecule has 1 aliphatic rings. The molecule has 1 amide bonds. The second-order valence-corrected chi connectivity index (χ2v) is 8.79. The fourth-order valence-electron chi connectivity index (χ4n) is 2.51. The summed E-state index contributed by atoms with van der Waals surface area (Å²) in [4.78, 5) is 13.6. The van der Waals surface area contributed by atoms with Crippen LogP contribution in [0.3, 0.4) is 0 Å². The van der Waals surface area contributed by atoms with Crippen LogP contribution in [0.1, 0.15) is 33.3 Å². The molecular weight excluding hydrogens is 330 g/mol. The summed E-state index contributed by atoms with van der Waals surface area (Å²) in [5.41, 5.74) is 0.0870. The smallest absolute Gasteiger partial charge is 0.410 e. The zero-order valence-corrected chi connectivity index (χ0v) is 15.4. The molecular formula is C17H25NO5S. The van der Waals surface area contributed by atoms with Crippen molar-refractivity contribution < 1.29 is 22.1 Å². The van der Waals surface area contributed by atoms with Crippen LogP contribution < -0.4 is 0 Å². The van der Waals surface area contributed by atoms with Gasteiger partial charge in [0.15, 0.2) is 0 Å². The number of amides is 1. The normalized spacial score (nSPS) is 21.2. The average Bonchev–Trinajstić information content (AvgIpc) is 2.43. The maximum absolute atomic E-state index is 12.1. The average molecular weight is 355 g/mol. The van der Waals surface area contributed by atoms with Gasteiger partial charge in [-0.1, -0.05) is 37.3 Å². The molecule has 0 saturated carbocycles. The number of carbonyl (C=O) groups is 1. The molecule has 0 N–H and O–H groups in total. The highest BCUT2D eigenvalue weighted by Gasteiger charge is 2.42. The second kappa shape index (κ2) is 7.11. The van der Waals surface area contributed by atoms with E-state index in [0.29, 0.717) is 12.1 Å². The number of ether oxygens (including phenoxy) is 1. The van der Waals surface area contributed by atoms with Crippen LogP contribution in [-0.4, -0.2) is 44.2 Å². The zero-order chi connectivity index (χ0) is 18.0. The summed E-state index contributed by atoms with van der Waals surface area (Å²) in [6.45, 7) is 7.84. The summed E-state index contributed by atoms with van der Waals surface area (Å²) in [6.07, 6.45) is -0.436. The molecule has 1 aromatic carbocycles. The SMILES string of the molecule is C[C@H]1CN(C(=O)OC(C)(C)C)[C@H]1COS(=O)(=O)Cc1ccccc1. The molecule has 1 aliphatic heterocycles. The van der Waals surface area contributed by atoms with Crippen LogP contribution in [-0.2, 0) is 24.8 Å². The lowest BCUT2D eigenvalue weighted by atomic mass is 9.92. The first kappa shape index (κ1) is 18.7. The fraction of sp³-hybridized carbons (Fsp3) is 0.588. The van der Waals surface area contributed by atoms with Gasteiger partial charge in [-0.25, -0.2) is 4.79 Å². The van der Waals surface area contributed by atoms with Gasteiger partial charge in [0.2, 0.25) is 0 Å². The molecule has 0 radical (unpaired) electrons. The van der Waals surface area contributed by atoms with Crippen molar-refractivity contribution in [3.05, 3.63) is 35.9 Å². The van der Waals surface area contributed by atoms with Crippen molar-refractivity contribution >= 4 is 16.2 Å². The molecule has 0 unspecified atom stereocenters. The third-order valence-corrected chi connectivity index (χ3v) is 4.96. The van der Waals surface area contributed by atoms with Crippen LogP contribution in [0.2, 0.25) is 0 Å². The first-order valence-electron chi connectivity index (χ1n) is 7.98. The van der Waals surface area contributed by atoms with Gasteiger partial charge in [0, 0.05) is 6.54 Å². The van der Waals surface area contributed by atoms with E-state index < -0.39 is 21.8 Å². The monoisotopic (exact) mass is 355 g/mol. The van der Waals surface area contributed by atoms with Crippen molar-refractivity contribution in [3.63, 3.8) is 0 Å². The Morgan fingerprint density at radius 1 is 1.25 bits per heavy atom. The fourth-order valence-corrected chi connectivity index (χ4v) is 3.55. The number of carbonyl (C=O) groups excluding carboxylic acids is 1. The van der Waals surface area contributed by atoms with E-state index in [9.17, 15) is 13.2 Å². The topological polar surface area (TPSA) is 72.9 Å². The Morgan fingerprint density at radius 3 is 2.42 bits per heavy atom. The molecule has 6 nitrogen and oxygen atoms in total. The Balaban J connectivity index is 1.91. The van der Waals surface area contributed by atoms with Gasteiger partial charge < -0.3 is 9.64 Å². The summed E-state index contributed by atoms with van der Waals surface area (Å²) in [7, 11) is -3.69. The lowest BCUT2D eigenvalue weighted by molar-refractivity contribution is -0.0372. The first-order chi connectivity index (χ1) is 11.1. The van der Waals surface area contributed by atoms with Gasteiger partial charge in [0.1, 0.15) is 11.4 Å². The molecule has 2 rings (SSSR count). The van der Waals surface area contributed by atoms with E-state index in [4.69, 9.17) is 8.92 Å². The predicted molar refractivity (Wildman–Crippen MR) is 90.9 cm³/mol. The summed E-state index contributed by atoms with van der Waals surface area (Å²) >= 11 is 0. The van der Waals surface area contributed by atoms with Gasteiger partial charge in [-0.3, -0.25) is 4.18 Å². The number of benzene rings is 1. The third-order valence-electron chi connectivity index (χ3n) is 3.77. The maximum Gasteiger partial charge on any atom is 0.410 e. The van der Waals surface area contributed by atoms with E-state index >= 15 is 0 Å². The van der Waals surface area contributed by atoms with E-state index in [2.05, 4.69) is 0 Å². The molecule has 1 saturated heterocycles. The Kier molecular flexibility index (Phi) is 5.55. The minimum Gasteiger partial charge on any atom is -0.444 e. The maximum atomic E-state index is 12.1. The molecule has 1 fully saturated rings. The van der Waals surface area contributed by atoms with Gasteiger partial charge in [0.05, 0.1) is 12.6 Å². The standard InChI is InChI=1S/C17H25NO5S/c1-13-10-18(16(19)23-17(2,3)4)15(13)11-22-24(20,21)12-14-8-6-5-7-9-14/h5-9,13,15H,10-12H2,1-4H3/t13-,15-/m0/s1. The third kappa shape index (κ3) is 5.21. The van der Waals surface area contributed by atoms with Crippen LogP contribution in [0, 0.1) is 5.92 Å². The van der Waals surface area contributed by atoms with Crippen LogP contribution >= 0.6 is 0 Å². The first-order valence-corrected chi connectivity index (χ1v) is 9.56. The number of likely N-dealkylation sites (tertiary alicyclic amines) is 1. The highest BCUT2D eigenvalue weighted by Crippen LogP contribution is 2.27. The Hall–Kier alpha value is -1.60. The van der Waals surface area contributed by atoms with Crippen molar-refractivity contribution in [3.8, 4) is 0 Å². The van der Waals surface area contributed by atoms with Gasteiger partial charge in [0.25, 0.3) is 10.1 Å². The van der Waals surface area contributed by atoms with Crippen molar-refractivity contribution in [1.29, 1.82) is 0 Å². The predicted octanol–water partition coefficient (Wildman–Crippen LogP) is 2.79. The largest absolute Gasteiger partial charge is 0.444 e. The minimum absolute atomic E-state index is 0.0461. The Labute approximate surface area is 143 Å². The van der Waals surface area contributed by atoms with E-state index in [-0.39, 0.29) is 24.3 Å². The molecule has 0 spiro atoms. The summed E-state index contributed by atoms with van der Waals surface area (Å²) < 4.78 is 34.7. The molecule has 0 aliphatic carbocycles. The van der Waals surface area contributed by atoms with E-state index in [1.165, 1.54) is 4.90 Å². The number of rotatable bonds is 5. The zero-order valence-electron chi connectivity index (χ0n) is 14.6. The highest BCUT2D eigenvalue weighted by molar-refractivity contribution is 7.85. The number of hydrogen-bond donors (Lipinski definition) is 0. The van der Waals surface area contributed by atoms with Crippen LogP contribution in [0.15, 0.2) is 30.3 Å².